The Morgan fingerprint density at radius 3 is 1.89 bits per heavy atom. The molecule has 0 bridgehead atoms. The summed E-state index contributed by atoms with van der Waals surface area (Å²) in [5.74, 6) is -4.77. The minimum absolute atomic E-state index is 0.154. The SMILES string of the molecule is O=C(/C=C/c1ccc(OCC(F)(F)C(F)(F)F)cc1)c1ccc(OCCCCCCO[Si](Cl)(Cl)Cl)cc1. The summed E-state index contributed by atoms with van der Waals surface area (Å²) < 4.78 is 77.8. The second-order valence-electron chi connectivity index (χ2n) is 7.84. The fourth-order valence-corrected chi connectivity index (χ4v) is 3.92. The summed E-state index contributed by atoms with van der Waals surface area (Å²) >= 11 is 16.9. The van der Waals surface area contributed by atoms with Crippen molar-refractivity contribution in [3.63, 3.8) is 0 Å². The van der Waals surface area contributed by atoms with Crippen molar-refractivity contribution in [2.45, 2.75) is 37.8 Å². The van der Waals surface area contributed by atoms with Gasteiger partial charge < -0.3 is 13.9 Å². The van der Waals surface area contributed by atoms with Crippen molar-refractivity contribution in [1.29, 1.82) is 0 Å². The molecular formula is C24H24Cl3F5O4Si. The summed E-state index contributed by atoms with van der Waals surface area (Å²) in [6.07, 6.45) is -2.42. The van der Waals surface area contributed by atoms with E-state index in [9.17, 15) is 26.7 Å². The summed E-state index contributed by atoms with van der Waals surface area (Å²) in [6.45, 7) is -0.888. The Bertz CT molecular complexity index is 1010. The van der Waals surface area contributed by atoms with Crippen LogP contribution < -0.4 is 9.47 Å². The standard InChI is InChI=1S/C24H24Cl3F5O4Si/c25-37(26,27)36-16-4-2-1-3-15-34-20-12-8-19(9-13-20)22(33)14-7-18-5-10-21(11-6-18)35-17-23(28,29)24(30,31)32/h5-14H,1-4,15-17H2/b14-7+. The zero-order valence-electron chi connectivity index (χ0n) is 19.4. The number of carbonyl (C=O) groups is 1. The van der Waals surface area contributed by atoms with E-state index in [0.717, 1.165) is 25.7 Å². The number of ketones is 1. The maximum atomic E-state index is 12.9. The Hall–Kier alpha value is -1.85. The number of hydrogen-bond acceptors (Lipinski definition) is 4. The Morgan fingerprint density at radius 1 is 0.784 bits per heavy atom. The molecular weight excluding hydrogens is 582 g/mol. The van der Waals surface area contributed by atoms with Crippen LogP contribution in [-0.2, 0) is 4.43 Å². The van der Waals surface area contributed by atoms with Crippen molar-refractivity contribution in [1.82, 2.24) is 0 Å². The van der Waals surface area contributed by atoms with Gasteiger partial charge in [0.15, 0.2) is 12.4 Å². The predicted molar refractivity (Wildman–Crippen MR) is 136 cm³/mol. The Labute approximate surface area is 226 Å². The van der Waals surface area contributed by atoms with Gasteiger partial charge in [0.1, 0.15) is 11.5 Å². The summed E-state index contributed by atoms with van der Waals surface area (Å²) in [5, 5.41) is 0. The molecule has 2 rings (SSSR count). The molecule has 0 aliphatic heterocycles. The molecule has 0 unspecified atom stereocenters. The van der Waals surface area contributed by atoms with Crippen LogP contribution in [0.4, 0.5) is 22.0 Å². The van der Waals surface area contributed by atoms with Crippen molar-refractivity contribution in [3.8, 4) is 11.5 Å². The number of alkyl halides is 5. The van der Waals surface area contributed by atoms with E-state index < -0.39 is 25.0 Å². The lowest BCUT2D eigenvalue weighted by atomic mass is 10.1. The van der Waals surface area contributed by atoms with E-state index in [2.05, 4.69) is 4.74 Å². The molecule has 0 fully saturated rings. The Balaban J connectivity index is 1.73. The Kier molecular flexibility index (Phi) is 12.2. The van der Waals surface area contributed by atoms with Crippen LogP contribution in [0.3, 0.4) is 0 Å². The van der Waals surface area contributed by atoms with Crippen molar-refractivity contribution >= 4 is 51.3 Å². The first kappa shape index (κ1) is 31.4. The highest BCUT2D eigenvalue weighted by Gasteiger charge is 2.58. The molecule has 0 amide bonds. The molecule has 37 heavy (non-hydrogen) atoms. The number of ether oxygens (including phenoxy) is 2. The van der Waals surface area contributed by atoms with E-state index in [1.54, 1.807) is 24.3 Å². The van der Waals surface area contributed by atoms with Gasteiger partial charge in [0.25, 0.3) is 0 Å². The lowest BCUT2D eigenvalue weighted by molar-refractivity contribution is -0.290. The quantitative estimate of drug-likeness (QED) is 0.0512. The summed E-state index contributed by atoms with van der Waals surface area (Å²) in [6, 6.07) is 11.9. The highest BCUT2D eigenvalue weighted by molar-refractivity contribution is 7.62. The van der Waals surface area contributed by atoms with E-state index >= 15 is 0 Å². The average molecular weight is 606 g/mol. The normalized spacial score (nSPS) is 12.6. The van der Waals surface area contributed by atoms with Gasteiger partial charge in [-0.25, -0.2) is 0 Å². The number of benzene rings is 2. The smallest absolute Gasteiger partial charge is 0.493 e. The van der Waals surface area contributed by atoms with E-state index in [0.29, 0.717) is 30.1 Å². The molecule has 204 valence electrons. The first-order valence-corrected chi connectivity index (χ1v) is 16.0. The molecule has 2 aromatic carbocycles. The molecule has 0 atom stereocenters. The van der Waals surface area contributed by atoms with Crippen LogP contribution in [0.1, 0.15) is 41.6 Å². The number of rotatable bonds is 15. The molecule has 0 N–H and O–H groups in total. The second kappa shape index (κ2) is 14.3. The molecule has 0 aliphatic rings. The predicted octanol–water partition coefficient (Wildman–Crippen LogP) is 8.27. The summed E-state index contributed by atoms with van der Waals surface area (Å²) in [4.78, 5) is 12.4. The molecule has 0 saturated heterocycles. The van der Waals surface area contributed by atoms with E-state index in [1.165, 1.54) is 36.4 Å². The number of halogens is 8. The fraction of sp³-hybridized carbons (Fsp3) is 0.375. The van der Waals surface area contributed by atoms with Gasteiger partial charge in [-0.3, -0.25) is 4.79 Å². The zero-order valence-corrected chi connectivity index (χ0v) is 22.6. The minimum atomic E-state index is -5.69. The van der Waals surface area contributed by atoms with Gasteiger partial charge in [-0.2, -0.15) is 22.0 Å². The molecule has 0 radical (unpaired) electrons. The zero-order chi connectivity index (χ0) is 27.5. The number of carbonyl (C=O) groups excluding carboxylic acids is 1. The van der Waals surface area contributed by atoms with Crippen LogP contribution in [0, 0.1) is 0 Å². The molecule has 4 nitrogen and oxygen atoms in total. The molecule has 0 aromatic heterocycles. The third-order valence-corrected chi connectivity index (χ3v) is 6.37. The van der Waals surface area contributed by atoms with E-state index in [1.807, 2.05) is 0 Å². The maximum absolute atomic E-state index is 12.9. The lowest BCUT2D eigenvalue weighted by Gasteiger charge is -2.19. The minimum Gasteiger partial charge on any atom is -0.494 e. The van der Waals surface area contributed by atoms with Crippen molar-refractivity contribution < 1.29 is 40.6 Å². The highest BCUT2D eigenvalue weighted by Crippen LogP contribution is 2.35. The number of allylic oxidation sites excluding steroid dienone is 1. The van der Waals surface area contributed by atoms with Gasteiger partial charge >= 0.3 is 18.3 Å². The first-order chi connectivity index (χ1) is 17.3. The van der Waals surface area contributed by atoms with Gasteiger partial charge in [-0.15, -0.1) is 0 Å². The summed E-state index contributed by atoms with van der Waals surface area (Å²) in [5.41, 5.74) is 0.958. The van der Waals surface area contributed by atoms with Crippen LogP contribution in [0.15, 0.2) is 54.6 Å². The Morgan fingerprint density at radius 2 is 1.32 bits per heavy atom. The third-order valence-electron chi connectivity index (χ3n) is 4.85. The maximum Gasteiger partial charge on any atom is 0.493 e. The summed E-state index contributed by atoms with van der Waals surface area (Å²) in [7, 11) is 0. The first-order valence-electron chi connectivity index (χ1n) is 11.1. The van der Waals surface area contributed by atoms with Crippen LogP contribution in [0.25, 0.3) is 6.08 Å². The molecule has 0 spiro atoms. The number of unbranched alkanes of at least 4 members (excludes halogenated alkanes) is 3. The highest BCUT2D eigenvalue weighted by atomic mass is 35.8. The van der Waals surface area contributed by atoms with Gasteiger partial charge in [-0.1, -0.05) is 57.9 Å². The van der Waals surface area contributed by atoms with Gasteiger partial charge in [0, 0.05) is 12.2 Å². The van der Waals surface area contributed by atoms with Crippen LogP contribution in [-0.4, -0.2) is 43.9 Å². The number of hydrogen-bond donors (Lipinski definition) is 0. The molecule has 13 heteroatoms. The van der Waals surface area contributed by atoms with Crippen molar-refractivity contribution in [2.24, 2.45) is 0 Å². The molecule has 0 heterocycles. The monoisotopic (exact) mass is 604 g/mol. The van der Waals surface area contributed by atoms with Gasteiger partial charge in [0.2, 0.25) is 0 Å². The van der Waals surface area contributed by atoms with Crippen molar-refractivity contribution in [2.75, 3.05) is 19.8 Å². The van der Waals surface area contributed by atoms with Crippen LogP contribution in [0.2, 0.25) is 0 Å². The topological polar surface area (TPSA) is 44.8 Å². The average Bonchev–Trinajstić information content (AvgIpc) is 2.82. The van der Waals surface area contributed by atoms with Gasteiger partial charge in [-0.05, 0) is 67.3 Å². The lowest BCUT2D eigenvalue weighted by Crippen LogP contribution is -2.41. The molecule has 0 aliphatic carbocycles. The molecule has 0 saturated carbocycles. The second-order valence-corrected chi connectivity index (χ2v) is 15.6. The van der Waals surface area contributed by atoms with Gasteiger partial charge in [0.05, 0.1) is 6.61 Å². The largest absolute Gasteiger partial charge is 0.494 e. The van der Waals surface area contributed by atoms with E-state index in [-0.39, 0.29) is 11.5 Å². The van der Waals surface area contributed by atoms with Crippen LogP contribution in [0.5, 0.6) is 11.5 Å². The third kappa shape index (κ3) is 12.0. The fourth-order valence-electron chi connectivity index (χ4n) is 2.85. The van der Waals surface area contributed by atoms with Crippen LogP contribution >= 0.6 is 33.2 Å². The molecule has 2 aromatic rings. The van der Waals surface area contributed by atoms with E-state index in [4.69, 9.17) is 42.4 Å². The van der Waals surface area contributed by atoms with Crippen molar-refractivity contribution in [3.05, 3.63) is 65.7 Å².